The summed E-state index contributed by atoms with van der Waals surface area (Å²) in [5.74, 6) is -0.373. The molecule has 0 fully saturated rings. The van der Waals surface area contributed by atoms with Gasteiger partial charge in [-0.2, -0.15) is 0 Å². The van der Waals surface area contributed by atoms with Gasteiger partial charge in [-0.1, -0.05) is 39.8 Å². The van der Waals surface area contributed by atoms with E-state index in [0.717, 1.165) is 5.56 Å². The first-order valence-corrected chi connectivity index (χ1v) is 7.81. The fourth-order valence-electron chi connectivity index (χ4n) is 1.65. The molecule has 1 amide bonds. The Balaban J connectivity index is 2.33. The van der Waals surface area contributed by atoms with Crippen LogP contribution in [0.5, 0.6) is 0 Å². The Morgan fingerprint density at radius 3 is 2.26 bits per heavy atom. The standard InChI is InChI=1S/C17H26N2O4/c1-12(2)16(20)23-11-14-5-7-15(8-6-14)19-17(21)22-10-9-18-13(3)4/h5-8,12-13,18H,9-11H2,1-4H3,(H,19,21). The number of esters is 1. The first-order valence-electron chi connectivity index (χ1n) is 7.81. The molecule has 6 heteroatoms. The lowest BCUT2D eigenvalue weighted by Crippen LogP contribution is -2.28. The largest absolute Gasteiger partial charge is 0.461 e. The van der Waals surface area contributed by atoms with Crippen LogP contribution in [0.4, 0.5) is 10.5 Å². The molecule has 0 atom stereocenters. The van der Waals surface area contributed by atoms with Crippen LogP contribution < -0.4 is 10.6 Å². The van der Waals surface area contributed by atoms with Gasteiger partial charge in [-0.15, -0.1) is 0 Å². The molecular weight excluding hydrogens is 296 g/mol. The summed E-state index contributed by atoms with van der Waals surface area (Å²) in [5.41, 5.74) is 1.49. The Morgan fingerprint density at radius 2 is 1.70 bits per heavy atom. The average molecular weight is 322 g/mol. The summed E-state index contributed by atoms with van der Waals surface area (Å²) < 4.78 is 10.2. The molecule has 0 aromatic heterocycles. The maximum atomic E-state index is 11.6. The number of hydrogen-bond acceptors (Lipinski definition) is 5. The highest BCUT2D eigenvalue weighted by molar-refractivity contribution is 5.84. The fourth-order valence-corrected chi connectivity index (χ4v) is 1.65. The van der Waals surface area contributed by atoms with Crippen molar-refractivity contribution in [3.63, 3.8) is 0 Å². The molecule has 0 spiro atoms. The topological polar surface area (TPSA) is 76.7 Å². The fraction of sp³-hybridized carbons (Fsp3) is 0.529. The van der Waals surface area contributed by atoms with E-state index in [2.05, 4.69) is 10.6 Å². The number of rotatable bonds is 8. The van der Waals surface area contributed by atoms with Crippen molar-refractivity contribution in [3.8, 4) is 0 Å². The number of benzene rings is 1. The van der Waals surface area contributed by atoms with E-state index in [1.807, 2.05) is 13.8 Å². The maximum Gasteiger partial charge on any atom is 0.411 e. The van der Waals surface area contributed by atoms with Gasteiger partial charge in [0.25, 0.3) is 0 Å². The van der Waals surface area contributed by atoms with Gasteiger partial charge in [0.1, 0.15) is 13.2 Å². The van der Waals surface area contributed by atoms with Crippen LogP contribution in [0.15, 0.2) is 24.3 Å². The van der Waals surface area contributed by atoms with E-state index in [0.29, 0.717) is 24.9 Å². The molecular formula is C17H26N2O4. The van der Waals surface area contributed by atoms with Crippen molar-refractivity contribution >= 4 is 17.7 Å². The quantitative estimate of drug-likeness (QED) is 0.568. The van der Waals surface area contributed by atoms with Crippen LogP contribution in [0.1, 0.15) is 33.3 Å². The van der Waals surface area contributed by atoms with Gasteiger partial charge >= 0.3 is 12.1 Å². The maximum absolute atomic E-state index is 11.6. The zero-order chi connectivity index (χ0) is 17.2. The van der Waals surface area contributed by atoms with Crippen molar-refractivity contribution in [1.82, 2.24) is 5.32 Å². The minimum absolute atomic E-state index is 0.143. The van der Waals surface area contributed by atoms with Gasteiger partial charge in [0, 0.05) is 18.3 Å². The lowest BCUT2D eigenvalue weighted by atomic mass is 10.2. The van der Waals surface area contributed by atoms with Gasteiger partial charge in [-0.25, -0.2) is 4.79 Å². The number of hydrogen-bond donors (Lipinski definition) is 2. The number of ether oxygens (including phenoxy) is 2. The SMILES string of the molecule is CC(C)NCCOC(=O)Nc1ccc(COC(=O)C(C)C)cc1. The second-order valence-corrected chi connectivity index (χ2v) is 5.83. The van der Waals surface area contributed by atoms with Gasteiger partial charge in [0.15, 0.2) is 0 Å². The average Bonchev–Trinajstić information content (AvgIpc) is 2.50. The third-order valence-corrected chi connectivity index (χ3v) is 2.94. The minimum Gasteiger partial charge on any atom is -0.461 e. The van der Waals surface area contributed by atoms with E-state index in [-0.39, 0.29) is 18.5 Å². The van der Waals surface area contributed by atoms with Crippen LogP contribution in [0.3, 0.4) is 0 Å². The zero-order valence-corrected chi connectivity index (χ0v) is 14.2. The number of nitrogens with one attached hydrogen (secondary N) is 2. The van der Waals surface area contributed by atoms with E-state index in [4.69, 9.17) is 9.47 Å². The van der Waals surface area contributed by atoms with Crippen molar-refractivity contribution in [2.24, 2.45) is 5.92 Å². The Morgan fingerprint density at radius 1 is 1.04 bits per heavy atom. The van der Waals surface area contributed by atoms with E-state index in [9.17, 15) is 9.59 Å². The first kappa shape index (κ1) is 19.0. The second-order valence-electron chi connectivity index (χ2n) is 5.83. The zero-order valence-electron chi connectivity index (χ0n) is 14.2. The Bertz CT molecular complexity index is 498. The first-order chi connectivity index (χ1) is 10.9. The van der Waals surface area contributed by atoms with Crippen LogP contribution in [-0.2, 0) is 20.9 Å². The summed E-state index contributed by atoms with van der Waals surface area (Å²) in [7, 11) is 0. The molecule has 6 nitrogen and oxygen atoms in total. The minimum atomic E-state index is -0.491. The molecule has 0 aliphatic heterocycles. The van der Waals surface area contributed by atoms with Crippen molar-refractivity contribution in [3.05, 3.63) is 29.8 Å². The molecule has 0 saturated heterocycles. The monoisotopic (exact) mass is 322 g/mol. The molecule has 1 aromatic carbocycles. The van der Waals surface area contributed by atoms with Crippen molar-refractivity contribution in [2.45, 2.75) is 40.3 Å². The predicted molar refractivity (Wildman–Crippen MR) is 89.2 cm³/mol. The summed E-state index contributed by atoms with van der Waals surface area (Å²) in [5, 5.41) is 5.80. The number of carbonyl (C=O) groups excluding carboxylic acids is 2. The Kier molecular flexibility index (Phi) is 8.11. The Labute approximate surface area is 137 Å². The summed E-state index contributed by atoms with van der Waals surface area (Å²) in [6, 6.07) is 7.44. The van der Waals surface area contributed by atoms with E-state index < -0.39 is 6.09 Å². The number of carbonyl (C=O) groups is 2. The highest BCUT2D eigenvalue weighted by Gasteiger charge is 2.08. The molecule has 1 rings (SSSR count). The molecule has 23 heavy (non-hydrogen) atoms. The van der Waals surface area contributed by atoms with E-state index in [1.54, 1.807) is 38.1 Å². The summed E-state index contributed by atoms with van der Waals surface area (Å²) >= 11 is 0. The summed E-state index contributed by atoms with van der Waals surface area (Å²) in [6.07, 6.45) is -0.491. The van der Waals surface area contributed by atoms with Crippen LogP contribution in [0, 0.1) is 5.92 Å². The van der Waals surface area contributed by atoms with Crippen LogP contribution in [-0.4, -0.2) is 31.3 Å². The van der Waals surface area contributed by atoms with Crippen LogP contribution >= 0.6 is 0 Å². The van der Waals surface area contributed by atoms with Crippen molar-refractivity contribution in [2.75, 3.05) is 18.5 Å². The van der Waals surface area contributed by atoms with Crippen molar-refractivity contribution < 1.29 is 19.1 Å². The molecule has 0 heterocycles. The molecule has 2 N–H and O–H groups in total. The van der Waals surface area contributed by atoms with Gasteiger partial charge in [0.05, 0.1) is 5.92 Å². The third kappa shape index (κ3) is 8.21. The normalized spacial score (nSPS) is 10.7. The van der Waals surface area contributed by atoms with Gasteiger partial charge in [-0.05, 0) is 17.7 Å². The smallest absolute Gasteiger partial charge is 0.411 e. The van der Waals surface area contributed by atoms with Crippen molar-refractivity contribution in [1.29, 1.82) is 0 Å². The Hall–Kier alpha value is -2.08. The van der Waals surface area contributed by atoms with Crippen LogP contribution in [0.2, 0.25) is 0 Å². The third-order valence-electron chi connectivity index (χ3n) is 2.94. The molecule has 128 valence electrons. The van der Waals surface area contributed by atoms with Gasteiger partial charge in [0.2, 0.25) is 0 Å². The number of anilines is 1. The predicted octanol–water partition coefficient (Wildman–Crippen LogP) is 2.93. The van der Waals surface area contributed by atoms with E-state index in [1.165, 1.54) is 0 Å². The second kappa shape index (κ2) is 9.84. The molecule has 0 saturated carbocycles. The molecule has 0 unspecified atom stereocenters. The van der Waals surface area contributed by atoms with Gasteiger partial charge in [-0.3, -0.25) is 10.1 Å². The highest BCUT2D eigenvalue weighted by atomic mass is 16.5. The summed E-state index contributed by atoms with van der Waals surface area (Å²) in [6.45, 7) is 8.79. The highest BCUT2D eigenvalue weighted by Crippen LogP contribution is 2.11. The molecule has 1 aromatic rings. The van der Waals surface area contributed by atoms with Crippen LogP contribution in [0.25, 0.3) is 0 Å². The van der Waals surface area contributed by atoms with E-state index >= 15 is 0 Å². The number of amides is 1. The summed E-state index contributed by atoms with van der Waals surface area (Å²) in [4.78, 5) is 23.0. The lowest BCUT2D eigenvalue weighted by Gasteiger charge is -2.10. The molecule has 0 radical (unpaired) electrons. The molecule has 0 aliphatic rings. The molecule has 0 aliphatic carbocycles. The van der Waals surface area contributed by atoms with Gasteiger partial charge < -0.3 is 14.8 Å². The molecule has 0 bridgehead atoms. The lowest BCUT2D eigenvalue weighted by molar-refractivity contribution is -0.148.